The van der Waals surface area contributed by atoms with Crippen molar-refractivity contribution in [2.45, 2.75) is 25.9 Å². The number of likely N-dealkylation sites (tertiary alicyclic amines) is 1. The van der Waals surface area contributed by atoms with Crippen molar-refractivity contribution in [1.29, 1.82) is 0 Å². The van der Waals surface area contributed by atoms with Gasteiger partial charge in [-0.3, -0.25) is 19.9 Å². The van der Waals surface area contributed by atoms with Gasteiger partial charge < -0.3 is 20.3 Å². The number of pyridine rings is 1. The average molecular weight is 522 g/mol. The van der Waals surface area contributed by atoms with Gasteiger partial charge in [0.2, 0.25) is 11.7 Å². The zero-order valence-corrected chi connectivity index (χ0v) is 21.2. The third kappa shape index (κ3) is 6.55. The Kier molecular flexibility index (Phi) is 8.72. The number of ether oxygens (including phenoxy) is 2. The first-order chi connectivity index (χ1) is 18.4. The number of amides is 1. The highest BCUT2D eigenvalue weighted by Crippen LogP contribution is 2.37. The number of carbonyl (C=O) groups is 1. The standard InChI is InChI=1S/C27H31N5O6/c1-37-13-14-38-24-16-23(25(32(35)36)26(28)29-24)31(27(33)34)18-19-7-9-21(10-8-19)22-6-4-5-20(15-22)17-30-11-2-3-12-30/h4-10,15-16H,2-3,11-14,17-18H2,1H3,(H2,28,29)(H,33,34). The number of nitro groups is 1. The lowest BCUT2D eigenvalue weighted by molar-refractivity contribution is -0.383. The van der Waals surface area contributed by atoms with E-state index in [0.29, 0.717) is 5.56 Å². The van der Waals surface area contributed by atoms with E-state index in [0.717, 1.165) is 35.7 Å². The molecule has 3 aromatic rings. The lowest BCUT2D eigenvalue weighted by Crippen LogP contribution is -2.29. The Hall–Kier alpha value is -4.22. The molecule has 2 aromatic carbocycles. The van der Waals surface area contributed by atoms with E-state index >= 15 is 0 Å². The van der Waals surface area contributed by atoms with Gasteiger partial charge >= 0.3 is 11.8 Å². The van der Waals surface area contributed by atoms with Crippen molar-refractivity contribution in [2.75, 3.05) is 44.0 Å². The highest BCUT2D eigenvalue weighted by Gasteiger charge is 2.29. The molecule has 200 valence electrons. The Morgan fingerprint density at radius 1 is 1.11 bits per heavy atom. The van der Waals surface area contributed by atoms with Gasteiger partial charge in [-0.1, -0.05) is 42.5 Å². The minimum atomic E-state index is -1.37. The Morgan fingerprint density at radius 2 is 1.84 bits per heavy atom. The first-order valence-corrected chi connectivity index (χ1v) is 12.3. The zero-order valence-electron chi connectivity index (χ0n) is 21.2. The zero-order chi connectivity index (χ0) is 27.1. The summed E-state index contributed by atoms with van der Waals surface area (Å²) >= 11 is 0. The van der Waals surface area contributed by atoms with E-state index in [9.17, 15) is 20.0 Å². The largest absolute Gasteiger partial charge is 0.475 e. The molecule has 0 unspecified atom stereocenters. The van der Waals surface area contributed by atoms with Crippen molar-refractivity contribution in [3.05, 3.63) is 75.8 Å². The molecule has 0 atom stereocenters. The highest BCUT2D eigenvalue weighted by molar-refractivity contribution is 5.91. The second-order valence-electron chi connectivity index (χ2n) is 9.06. The quantitative estimate of drug-likeness (QED) is 0.211. The summed E-state index contributed by atoms with van der Waals surface area (Å²) in [5, 5.41) is 21.7. The van der Waals surface area contributed by atoms with Gasteiger partial charge in [0.05, 0.1) is 18.1 Å². The molecule has 1 aromatic heterocycles. The predicted octanol–water partition coefficient (Wildman–Crippen LogP) is 4.54. The van der Waals surface area contributed by atoms with Gasteiger partial charge in [0, 0.05) is 19.7 Å². The smallest absolute Gasteiger partial charge is 0.412 e. The summed E-state index contributed by atoms with van der Waals surface area (Å²) in [6.45, 7) is 3.41. The fourth-order valence-electron chi connectivity index (χ4n) is 4.51. The molecule has 0 saturated carbocycles. The van der Waals surface area contributed by atoms with Crippen molar-refractivity contribution >= 4 is 23.3 Å². The predicted molar refractivity (Wildman–Crippen MR) is 143 cm³/mol. The van der Waals surface area contributed by atoms with Crippen LogP contribution < -0.4 is 15.4 Å². The summed E-state index contributed by atoms with van der Waals surface area (Å²) in [6.07, 6.45) is 1.11. The lowest BCUT2D eigenvalue weighted by atomic mass is 10.0. The normalized spacial score (nSPS) is 13.4. The third-order valence-electron chi connectivity index (χ3n) is 6.38. The lowest BCUT2D eigenvalue weighted by Gasteiger charge is -2.20. The van der Waals surface area contributed by atoms with E-state index in [-0.39, 0.29) is 31.3 Å². The average Bonchev–Trinajstić information content (AvgIpc) is 3.40. The molecule has 2 heterocycles. The number of hydrogen-bond donors (Lipinski definition) is 2. The molecule has 11 nitrogen and oxygen atoms in total. The summed E-state index contributed by atoms with van der Waals surface area (Å²) in [5.74, 6) is -0.467. The topological polar surface area (TPSA) is 144 Å². The number of nitrogens with two attached hydrogens (primary N) is 1. The molecule has 3 N–H and O–H groups in total. The molecule has 0 bridgehead atoms. The van der Waals surface area contributed by atoms with Gasteiger partial charge in [0.25, 0.3) is 0 Å². The number of benzene rings is 2. The Balaban J connectivity index is 1.56. The minimum Gasteiger partial charge on any atom is -0.475 e. The van der Waals surface area contributed by atoms with Gasteiger partial charge in [-0.25, -0.2) is 4.79 Å². The van der Waals surface area contributed by atoms with Crippen molar-refractivity contribution < 1.29 is 24.3 Å². The van der Waals surface area contributed by atoms with Gasteiger partial charge in [0.15, 0.2) is 0 Å². The summed E-state index contributed by atoms with van der Waals surface area (Å²) in [4.78, 5) is 30.4. The van der Waals surface area contributed by atoms with Crippen molar-refractivity contribution in [3.8, 4) is 17.0 Å². The van der Waals surface area contributed by atoms with Crippen molar-refractivity contribution in [3.63, 3.8) is 0 Å². The molecule has 1 aliphatic heterocycles. The maximum Gasteiger partial charge on any atom is 0.412 e. The Morgan fingerprint density at radius 3 is 2.50 bits per heavy atom. The van der Waals surface area contributed by atoms with Crippen LogP contribution in [-0.2, 0) is 17.8 Å². The van der Waals surface area contributed by atoms with E-state index in [2.05, 4.69) is 22.0 Å². The second kappa shape index (κ2) is 12.3. The molecule has 1 fully saturated rings. The molecule has 1 aliphatic rings. The van der Waals surface area contributed by atoms with Gasteiger partial charge in [-0.15, -0.1) is 0 Å². The first kappa shape index (κ1) is 26.8. The third-order valence-corrected chi connectivity index (χ3v) is 6.38. The molecular weight excluding hydrogens is 490 g/mol. The number of anilines is 2. The molecule has 0 aliphatic carbocycles. The molecule has 11 heteroatoms. The number of aromatic nitrogens is 1. The summed E-state index contributed by atoms with van der Waals surface area (Å²) in [7, 11) is 1.50. The van der Waals surface area contributed by atoms with Crippen LogP contribution >= 0.6 is 0 Å². The van der Waals surface area contributed by atoms with Crippen LogP contribution in [0.5, 0.6) is 5.88 Å². The maximum absolute atomic E-state index is 12.2. The summed E-state index contributed by atoms with van der Waals surface area (Å²) in [6, 6.07) is 17.0. The Bertz CT molecular complexity index is 1280. The van der Waals surface area contributed by atoms with E-state index in [1.165, 1.54) is 31.6 Å². The van der Waals surface area contributed by atoms with E-state index in [1.807, 2.05) is 36.4 Å². The summed E-state index contributed by atoms with van der Waals surface area (Å²) in [5.41, 5.74) is 8.96. The number of carboxylic acid groups (broad SMARTS) is 1. The number of methoxy groups -OCH3 is 1. The van der Waals surface area contributed by atoms with Crippen LogP contribution in [0.4, 0.5) is 22.0 Å². The van der Waals surface area contributed by atoms with Crippen molar-refractivity contribution in [2.24, 2.45) is 0 Å². The molecule has 38 heavy (non-hydrogen) atoms. The van der Waals surface area contributed by atoms with Crippen LogP contribution in [0.1, 0.15) is 24.0 Å². The summed E-state index contributed by atoms with van der Waals surface area (Å²) < 4.78 is 10.4. The number of nitrogen functional groups attached to an aromatic ring is 1. The molecule has 4 rings (SSSR count). The Labute approximate surface area is 220 Å². The van der Waals surface area contributed by atoms with Crippen LogP contribution in [0.15, 0.2) is 54.6 Å². The van der Waals surface area contributed by atoms with Crippen LogP contribution in [0.3, 0.4) is 0 Å². The van der Waals surface area contributed by atoms with Crippen LogP contribution in [-0.4, -0.2) is 59.4 Å². The van der Waals surface area contributed by atoms with E-state index < -0.39 is 22.5 Å². The van der Waals surface area contributed by atoms with Gasteiger partial charge in [-0.05, 0) is 54.3 Å². The fourth-order valence-corrected chi connectivity index (χ4v) is 4.51. The number of rotatable bonds is 11. The second-order valence-corrected chi connectivity index (χ2v) is 9.06. The number of hydrogen-bond acceptors (Lipinski definition) is 8. The fraction of sp³-hybridized carbons (Fsp3) is 0.333. The SMILES string of the molecule is COCCOc1cc(N(Cc2ccc(-c3cccc(CN4CCCC4)c3)cc2)C(=O)O)c([N+](=O)[O-])c(N)n1. The molecule has 0 spiro atoms. The molecule has 1 saturated heterocycles. The number of nitrogens with zero attached hydrogens (tertiary/aromatic N) is 4. The van der Waals surface area contributed by atoms with E-state index in [4.69, 9.17) is 15.2 Å². The molecule has 0 radical (unpaired) electrons. The maximum atomic E-state index is 12.2. The van der Waals surface area contributed by atoms with E-state index in [1.54, 1.807) is 0 Å². The van der Waals surface area contributed by atoms with Crippen molar-refractivity contribution in [1.82, 2.24) is 9.88 Å². The first-order valence-electron chi connectivity index (χ1n) is 12.3. The van der Waals surface area contributed by atoms with Crippen LogP contribution in [0.25, 0.3) is 11.1 Å². The molecular formula is C27H31N5O6. The van der Waals surface area contributed by atoms with Gasteiger partial charge in [-0.2, -0.15) is 4.98 Å². The highest BCUT2D eigenvalue weighted by atomic mass is 16.6. The monoisotopic (exact) mass is 521 g/mol. The van der Waals surface area contributed by atoms with Crippen LogP contribution in [0, 0.1) is 10.1 Å². The molecule has 1 amide bonds. The van der Waals surface area contributed by atoms with Gasteiger partial charge in [0.1, 0.15) is 12.3 Å². The minimum absolute atomic E-state index is 0.0319. The van der Waals surface area contributed by atoms with Crippen LogP contribution in [0.2, 0.25) is 0 Å².